The van der Waals surface area contributed by atoms with Crippen molar-refractivity contribution >= 4 is 11.8 Å². The number of hydrogen-bond acceptors (Lipinski definition) is 4. The highest BCUT2D eigenvalue weighted by Crippen LogP contribution is 2.25. The molecule has 28 heavy (non-hydrogen) atoms. The van der Waals surface area contributed by atoms with Gasteiger partial charge in [-0.15, -0.1) is 0 Å². The van der Waals surface area contributed by atoms with Crippen molar-refractivity contribution in [2.45, 2.75) is 37.8 Å². The molecule has 0 saturated carbocycles. The van der Waals surface area contributed by atoms with Crippen LogP contribution in [-0.4, -0.2) is 73.7 Å². The number of amides is 2. The molecule has 1 aromatic carbocycles. The molecule has 1 atom stereocenters. The number of ether oxygens (including phenoxy) is 2. The van der Waals surface area contributed by atoms with Crippen LogP contribution < -0.4 is 0 Å². The highest BCUT2D eigenvalue weighted by atomic mass is 19.2. The fraction of sp³-hybridized carbons (Fsp3) is 0.600. The molecule has 3 rings (SSSR count). The first-order valence-corrected chi connectivity index (χ1v) is 9.63. The van der Waals surface area contributed by atoms with Gasteiger partial charge in [0, 0.05) is 51.1 Å². The lowest BCUT2D eigenvalue weighted by Crippen LogP contribution is -2.56. The first-order chi connectivity index (χ1) is 13.5. The Hall–Kier alpha value is -2.06. The average molecular weight is 396 g/mol. The first kappa shape index (κ1) is 20.7. The largest absolute Gasteiger partial charge is 0.381 e. The van der Waals surface area contributed by atoms with E-state index in [4.69, 9.17) is 9.47 Å². The van der Waals surface area contributed by atoms with Gasteiger partial charge in [-0.2, -0.15) is 0 Å². The maximum atomic E-state index is 13.5. The van der Waals surface area contributed by atoms with Crippen LogP contribution >= 0.6 is 0 Å². The zero-order chi connectivity index (χ0) is 20.1. The summed E-state index contributed by atoms with van der Waals surface area (Å²) in [6.45, 7) is 2.08. The number of nitrogens with zero attached hydrogens (tertiary/aromatic N) is 2. The molecule has 0 radical (unpaired) electrons. The van der Waals surface area contributed by atoms with Gasteiger partial charge in [-0.1, -0.05) is 0 Å². The standard InChI is InChI=1S/C20H26F2N2O4/c1-27-13-19(25)24(15-6-9-28-10-7-15)16-3-2-8-23(12-16)20(26)14-4-5-17(21)18(22)11-14/h4-5,11,15-16H,2-3,6-10,12-13H2,1H3. The molecule has 0 aliphatic carbocycles. The highest BCUT2D eigenvalue weighted by Gasteiger charge is 2.35. The van der Waals surface area contributed by atoms with Crippen LogP contribution in [0.1, 0.15) is 36.0 Å². The van der Waals surface area contributed by atoms with Gasteiger partial charge in [0.1, 0.15) is 6.61 Å². The molecular weight excluding hydrogens is 370 g/mol. The van der Waals surface area contributed by atoms with Crippen molar-refractivity contribution in [3.05, 3.63) is 35.4 Å². The molecule has 1 aromatic rings. The van der Waals surface area contributed by atoms with Gasteiger partial charge in [-0.25, -0.2) is 8.78 Å². The van der Waals surface area contributed by atoms with Crippen LogP contribution in [0, 0.1) is 11.6 Å². The summed E-state index contributed by atoms with van der Waals surface area (Å²) in [6, 6.07) is 3.10. The zero-order valence-corrected chi connectivity index (χ0v) is 16.0. The topological polar surface area (TPSA) is 59.1 Å². The normalized spacial score (nSPS) is 20.8. The molecule has 1 unspecified atom stereocenters. The molecule has 0 spiro atoms. The van der Waals surface area contributed by atoms with E-state index in [1.54, 1.807) is 4.90 Å². The second kappa shape index (κ2) is 9.43. The number of methoxy groups -OCH3 is 1. The van der Waals surface area contributed by atoms with Gasteiger partial charge in [0.05, 0.1) is 0 Å². The Bertz CT molecular complexity index is 709. The average Bonchev–Trinajstić information content (AvgIpc) is 2.71. The predicted molar refractivity (Wildman–Crippen MR) is 97.8 cm³/mol. The molecule has 2 amide bonds. The lowest BCUT2D eigenvalue weighted by Gasteiger charge is -2.44. The van der Waals surface area contributed by atoms with E-state index in [0.29, 0.717) is 26.3 Å². The van der Waals surface area contributed by atoms with Gasteiger partial charge >= 0.3 is 0 Å². The van der Waals surface area contributed by atoms with Gasteiger partial charge < -0.3 is 19.3 Å². The lowest BCUT2D eigenvalue weighted by atomic mass is 9.98. The van der Waals surface area contributed by atoms with E-state index >= 15 is 0 Å². The van der Waals surface area contributed by atoms with Gasteiger partial charge in [0.2, 0.25) is 5.91 Å². The summed E-state index contributed by atoms with van der Waals surface area (Å²) < 4.78 is 37.2. The third-order valence-electron chi connectivity index (χ3n) is 5.38. The maximum Gasteiger partial charge on any atom is 0.254 e. The molecule has 154 valence electrons. The van der Waals surface area contributed by atoms with Crippen molar-refractivity contribution in [3.63, 3.8) is 0 Å². The summed E-state index contributed by atoms with van der Waals surface area (Å²) in [5.74, 6) is -2.47. The molecule has 2 aliphatic rings. The predicted octanol–water partition coefficient (Wildman–Crippen LogP) is 2.22. The summed E-state index contributed by atoms with van der Waals surface area (Å²) in [4.78, 5) is 29.0. The van der Waals surface area contributed by atoms with E-state index in [1.165, 1.54) is 13.2 Å². The summed E-state index contributed by atoms with van der Waals surface area (Å²) >= 11 is 0. The Morgan fingerprint density at radius 1 is 1.18 bits per heavy atom. The van der Waals surface area contributed by atoms with Crippen LogP contribution in [0.3, 0.4) is 0 Å². The van der Waals surface area contributed by atoms with Crippen molar-refractivity contribution < 1.29 is 27.8 Å². The number of hydrogen-bond donors (Lipinski definition) is 0. The summed E-state index contributed by atoms with van der Waals surface area (Å²) in [5.41, 5.74) is 0.111. The zero-order valence-electron chi connectivity index (χ0n) is 16.0. The number of carbonyl (C=O) groups excluding carboxylic acids is 2. The Morgan fingerprint density at radius 2 is 1.93 bits per heavy atom. The molecule has 2 fully saturated rings. The van der Waals surface area contributed by atoms with E-state index in [-0.39, 0.29) is 36.1 Å². The van der Waals surface area contributed by atoms with Crippen LogP contribution in [0.4, 0.5) is 8.78 Å². The number of halogens is 2. The third kappa shape index (κ3) is 4.67. The molecule has 0 bridgehead atoms. The lowest BCUT2D eigenvalue weighted by molar-refractivity contribution is -0.143. The molecule has 6 nitrogen and oxygen atoms in total. The minimum absolute atomic E-state index is 0.00895. The molecular formula is C20H26F2N2O4. The quantitative estimate of drug-likeness (QED) is 0.766. The second-order valence-electron chi connectivity index (χ2n) is 7.25. The summed E-state index contributed by atoms with van der Waals surface area (Å²) in [7, 11) is 1.49. The minimum Gasteiger partial charge on any atom is -0.381 e. The summed E-state index contributed by atoms with van der Waals surface area (Å²) in [6.07, 6.45) is 3.03. The van der Waals surface area contributed by atoms with E-state index in [2.05, 4.69) is 0 Å². The number of piperidine rings is 1. The van der Waals surface area contributed by atoms with Gasteiger partial charge in [-0.3, -0.25) is 9.59 Å². The van der Waals surface area contributed by atoms with Crippen molar-refractivity contribution in [2.24, 2.45) is 0 Å². The number of carbonyl (C=O) groups is 2. The molecule has 8 heteroatoms. The van der Waals surface area contributed by atoms with E-state index < -0.39 is 11.6 Å². The van der Waals surface area contributed by atoms with E-state index in [9.17, 15) is 18.4 Å². The fourth-order valence-electron chi connectivity index (χ4n) is 4.04. The van der Waals surface area contributed by atoms with Crippen LogP contribution in [-0.2, 0) is 14.3 Å². The van der Waals surface area contributed by atoms with Crippen molar-refractivity contribution in [2.75, 3.05) is 40.0 Å². The Balaban J connectivity index is 1.75. The molecule has 0 aromatic heterocycles. The monoisotopic (exact) mass is 396 g/mol. The molecule has 2 aliphatic heterocycles. The van der Waals surface area contributed by atoms with Crippen LogP contribution in [0.15, 0.2) is 18.2 Å². The summed E-state index contributed by atoms with van der Waals surface area (Å²) in [5, 5.41) is 0. The fourth-order valence-corrected chi connectivity index (χ4v) is 4.04. The molecule has 2 saturated heterocycles. The minimum atomic E-state index is -1.04. The molecule has 0 N–H and O–H groups in total. The van der Waals surface area contributed by atoms with Crippen molar-refractivity contribution in [1.82, 2.24) is 9.80 Å². The highest BCUT2D eigenvalue weighted by molar-refractivity contribution is 5.94. The number of benzene rings is 1. The number of likely N-dealkylation sites (tertiary alicyclic amines) is 1. The Labute approximate surface area is 163 Å². The molecule has 2 heterocycles. The number of rotatable bonds is 5. The smallest absolute Gasteiger partial charge is 0.254 e. The van der Waals surface area contributed by atoms with Crippen molar-refractivity contribution in [1.29, 1.82) is 0 Å². The maximum absolute atomic E-state index is 13.5. The van der Waals surface area contributed by atoms with E-state index in [0.717, 1.165) is 37.8 Å². The van der Waals surface area contributed by atoms with Gasteiger partial charge in [-0.05, 0) is 43.9 Å². The second-order valence-corrected chi connectivity index (χ2v) is 7.25. The van der Waals surface area contributed by atoms with E-state index in [1.807, 2.05) is 4.90 Å². The van der Waals surface area contributed by atoms with Crippen molar-refractivity contribution in [3.8, 4) is 0 Å². The van der Waals surface area contributed by atoms with Crippen LogP contribution in [0.25, 0.3) is 0 Å². The SMILES string of the molecule is COCC(=O)N(C1CCOCC1)C1CCCN(C(=O)c2ccc(F)c(F)c2)C1. The van der Waals surface area contributed by atoms with Crippen LogP contribution in [0.2, 0.25) is 0 Å². The van der Waals surface area contributed by atoms with Crippen LogP contribution in [0.5, 0.6) is 0 Å². The Kier molecular flexibility index (Phi) is 6.96. The first-order valence-electron chi connectivity index (χ1n) is 9.63. The third-order valence-corrected chi connectivity index (χ3v) is 5.38. The van der Waals surface area contributed by atoms with Gasteiger partial charge in [0.25, 0.3) is 5.91 Å². The van der Waals surface area contributed by atoms with Gasteiger partial charge in [0.15, 0.2) is 11.6 Å². The Morgan fingerprint density at radius 3 is 2.61 bits per heavy atom.